The molecule has 0 N–H and O–H groups in total. The Morgan fingerprint density at radius 1 is 0.667 bits per heavy atom. The van der Waals surface area contributed by atoms with Crippen molar-refractivity contribution in [3.8, 4) is 0 Å². The molecular weight excluding hydrogens is 369 g/mol. The molecule has 0 spiro atoms. The molecule has 0 aromatic rings. The van der Waals surface area contributed by atoms with Gasteiger partial charge in [0.05, 0.1) is 0 Å². The predicted octanol–water partition coefficient (Wildman–Crippen LogP) is 5.72. The van der Waals surface area contributed by atoms with Crippen LogP contribution in [-0.2, 0) is 0 Å². The zero-order chi connectivity index (χ0) is 12.7. The van der Waals surface area contributed by atoms with E-state index in [1.165, 1.54) is 0 Å². The summed E-state index contributed by atoms with van der Waals surface area (Å²) >= 11 is 38.0. The van der Waals surface area contributed by atoms with Gasteiger partial charge < -0.3 is 0 Å². The predicted molar refractivity (Wildman–Crippen MR) is 82.6 cm³/mol. The van der Waals surface area contributed by atoms with Crippen molar-refractivity contribution in [1.29, 1.82) is 0 Å². The normalized spacial score (nSPS) is 18.4. The Morgan fingerprint density at radius 2 is 1.00 bits per heavy atom. The lowest BCUT2D eigenvalue weighted by Crippen LogP contribution is -2.67. The second-order valence-corrected chi connectivity index (χ2v) is 40.4. The largest absolute Gasteiger partial charge is 0.342 e. The fourth-order valence-corrected chi connectivity index (χ4v) is 57.2. The first-order chi connectivity index (χ1) is 6.39. The lowest BCUT2D eigenvalue weighted by atomic mass is 10.6. The van der Waals surface area contributed by atoms with Gasteiger partial charge in [0.15, 0.2) is 0 Å². The zero-order valence-electron chi connectivity index (χ0n) is 8.92. The van der Waals surface area contributed by atoms with Crippen molar-refractivity contribution in [1.82, 2.24) is 0 Å². The molecule has 15 heavy (non-hydrogen) atoms. The van der Waals surface area contributed by atoms with Gasteiger partial charge in [-0.25, -0.2) is 0 Å². The highest BCUT2D eigenvalue weighted by Gasteiger charge is 2.69. The molecular formula is C6H14Cl6Si3. The van der Waals surface area contributed by atoms with Gasteiger partial charge in [0.1, 0.15) is 0 Å². The average Bonchev–Trinajstić information content (AvgIpc) is 1.99. The highest BCUT2D eigenvalue weighted by Crippen LogP contribution is 2.53. The highest BCUT2D eigenvalue weighted by atomic mass is 35.9. The lowest BCUT2D eigenvalue weighted by molar-refractivity contribution is 1.03. The smallest absolute Gasteiger partial charge is 0.166 e. The van der Waals surface area contributed by atoms with Crippen molar-refractivity contribution in [2.45, 2.75) is 38.8 Å². The van der Waals surface area contributed by atoms with Gasteiger partial charge >= 0.3 is 5.52 Å². The minimum atomic E-state index is -3.05. The summed E-state index contributed by atoms with van der Waals surface area (Å²) in [6, 6.07) is 0. The molecule has 0 radical (unpaired) electrons. The van der Waals surface area contributed by atoms with E-state index in [4.69, 9.17) is 66.5 Å². The zero-order valence-corrected chi connectivity index (χ0v) is 16.5. The van der Waals surface area contributed by atoms with Gasteiger partial charge in [-0.05, 0) is 11.1 Å². The third-order valence-corrected chi connectivity index (χ3v) is 58.8. The van der Waals surface area contributed by atoms with Crippen LogP contribution in [0.4, 0.5) is 0 Å². The van der Waals surface area contributed by atoms with E-state index < -0.39 is 18.2 Å². The van der Waals surface area contributed by atoms with E-state index >= 15 is 0 Å². The van der Waals surface area contributed by atoms with Gasteiger partial charge in [0, 0.05) is 0 Å². The summed E-state index contributed by atoms with van der Waals surface area (Å²) in [7, 11) is 0. The summed E-state index contributed by atoms with van der Waals surface area (Å²) in [6.45, 7) is 7.79. The molecule has 0 heterocycles. The summed E-state index contributed by atoms with van der Waals surface area (Å²) in [5.74, 6) is 0. The molecule has 0 bridgehead atoms. The number of halogens is 6. The molecule has 0 aliphatic rings. The Bertz CT molecular complexity index is 225. The van der Waals surface area contributed by atoms with Crippen LogP contribution in [0.15, 0.2) is 0 Å². The van der Waals surface area contributed by atoms with Crippen LogP contribution in [0.5, 0.6) is 0 Å². The van der Waals surface area contributed by atoms with E-state index in [1.54, 1.807) is 0 Å². The minimum absolute atomic E-state index is 0.0717. The quantitative estimate of drug-likeness (QED) is 0.430. The van der Waals surface area contributed by atoms with Crippen LogP contribution in [0, 0.1) is 0 Å². The number of hydrogen-bond donors (Lipinski definition) is 0. The summed E-state index contributed by atoms with van der Waals surface area (Å²) in [5, 5.41) is 0. The number of rotatable bonds is 4. The Hall–Kier alpha value is 2.39. The maximum Gasteiger partial charge on any atom is 0.342 e. The van der Waals surface area contributed by atoms with E-state index in [9.17, 15) is 0 Å². The molecule has 92 valence electrons. The van der Waals surface area contributed by atoms with Crippen LogP contribution < -0.4 is 0 Å². The molecule has 0 saturated heterocycles. The minimum Gasteiger partial charge on any atom is -0.166 e. The summed E-state index contributed by atoms with van der Waals surface area (Å²) in [4.78, 5) is 0. The van der Waals surface area contributed by atoms with Crippen molar-refractivity contribution in [2.24, 2.45) is 0 Å². The molecule has 9 heteroatoms. The maximum absolute atomic E-state index is 6.64. The maximum atomic E-state index is 6.64. The Morgan fingerprint density at radius 3 is 1.07 bits per heavy atom. The Balaban J connectivity index is 5.51. The van der Waals surface area contributed by atoms with Crippen molar-refractivity contribution < 1.29 is 0 Å². The lowest BCUT2D eigenvalue weighted by Gasteiger charge is -2.42. The van der Waals surface area contributed by atoms with Gasteiger partial charge in [-0.3, -0.25) is 0 Å². The second kappa shape index (κ2) is 5.57. The fraction of sp³-hybridized carbons (Fsp3) is 1.00. The molecule has 0 rings (SSSR count). The van der Waals surface area contributed by atoms with E-state index in [-0.39, 0.29) is 11.1 Å². The van der Waals surface area contributed by atoms with E-state index in [1.807, 2.05) is 27.7 Å². The van der Waals surface area contributed by atoms with Crippen LogP contribution in [-0.4, -0.2) is 18.2 Å². The first-order valence-corrected chi connectivity index (χ1v) is 18.7. The van der Waals surface area contributed by atoms with Crippen LogP contribution in [0.3, 0.4) is 0 Å². The second-order valence-electron chi connectivity index (χ2n) is 4.14. The molecule has 0 aliphatic heterocycles. The van der Waals surface area contributed by atoms with Crippen molar-refractivity contribution >= 4 is 84.6 Å². The summed E-state index contributed by atoms with van der Waals surface area (Å²) < 4.78 is 0. The van der Waals surface area contributed by atoms with Crippen molar-refractivity contribution in [3.05, 3.63) is 0 Å². The van der Waals surface area contributed by atoms with Gasteiger partial charge in [0.25, 0.3) is 6.21 Å². The molecule has 0 fully saturated rings. The van der Waals surface area contributed by atoms with Crippen LogP contribution in [0.2, 0.25) is 11.1 Å². The van der Waals surface area contributed by atoms with E-state index in [2.05, 4.69) is 0 Å². The van der Waals surface area contributed by atoms with Gasteiger partial charge in [-0.15, -0.1) is 55.4 Å². The van der Waals surface area contributed by atoms with Crippen LogP contribution in [0.25, 0.3) is 0 Å². The number of hydrogen-bond acceptors (Lipinski definition) is 0. The van der Waals surface area contributed by atoms with Crippen molar-refractivity contribution in [3.63, 3.8) is 0 Å². The third-order valence-electron chi connectivity index (χ3n) is 2.42. The van der Waals surface area contributed by atoms with Gasteiger partial charge in [-0.2, -0.15) is 11.1 Å². The SMILES string of the molecule is CC(C)[Si](Cl)(Cl)[Si](Cl)(C(C)C)[Si](Cl)(Cl)Cl. The molecule has 0 amide bonds. The molecule has 0 aromatic carbocycles. The topological polar surface area (TPSA) is 0 Å². The summed E-state index contributed by atoms with van der Waals surface area (Å²) in [6.07, 6.45) is -5.46. The molecule has 0 nitrogen and oxygen atoms in total. The monoisotopic (exact) mass is 380 g/mol. The van der Waals surface area contributed by atoms with Gasteiger partial charge in [0.2, 0.25) is 6.42 Å². The van der Waals surface area contributed by atoms with Crippen LogP contribution >= 0.6 is 66.5 Å². The standard InChI is InChI=1S/C6H14Cl6Si3/c1-5(2)13(7,8)14(9,6(3)4)15(10,11)12/h5-6H,1-4H3. The van der Waals surface area contributed by atoms with Crippen molar-refractivity contribution in [2.75, 3.05) is 0 Å². The average molecular weight is 383 g/mol. The van der Waals surface area contributed by atoms with E-state index in [0.717, 1.165) is 0 Å². The molecule has 0 saturated carbocycles. The van der Waals surface area contributed by atoms with Gasteiger partial charge in [-0.1, -0.05) is 27.7 Å². The first-order valence-electron chi connectivity index (χ1n) is 4.52. The Labute approximate surface area is 122 Å². The molecule has 1 unspecified atom stereocenters. The van der Waals surface area contributed by atoms with Crippen LogP contribution in [0.1, 0.15) is 27.7 Å². The Kier molecular flexibility index (Phi) is 6.46. The third kappa shape index (κ3) is 3.24. The molecule has 0 aliphatic carbocycles. The summed E-state index contributed by atoms with van der Waals surface area (Å²) in [5.41, 5.74) is -2.89. The molecule has 1 atom stereocenters. The molecule has 0 aromatic heterocycles. The first kappa shape index (κ1) is 17.4. The van der Waals surface area contributed by atoms with E-state index in [0.29, 0.717) is 0 Å². The fourth-order valence-electron chi connectivity index (χ4n) is 1.32. The highest BCUT2D eigenvalue weighted by molar-refractivity contribution is 8.13.